The normalized spacial score (nSPS) is 11.6. The summed E-state index contributed by atoms with van der Waals surface area (Å²) >= 11 is 0. The molecule has 0 aliphatic carbocycles. The van der Waals surface area contributed by atoms with Gasteiger partial charge in [0.25, 0.3) is 0 Å². The molecule has 0 N–H and O–H groups in total. The second-order valence-corrected chi connectivity index (χ2v) is 13.9. The van der Waals surface area contributed by atoms with Crippen molar-refractivity contribution in [2.45, 2.75) is 0 Å². The molecule has 0 radical (unpaired) electrons. The number of para-hydroxylation sites is 7. The highest BCUT2D eigenvalue weighted by molar-refractivity contribution is 6.16. The topological polar surface area (TPSA) is 23.5 Å². The van der Waals surface area contributed by atoms with E-state index in [0.717, 1.165) is 82.8 Å². The maximum atomic E-state index is 8.55. The van der Waals surface area contributed by atoms with Gasteiger partial charge in [-0.3, -0.25) is 0 Å². The molecule has 11 rings (SSSR count). The van der Waals surface area contributed by atoms with E-state index in [1.54, 1.807) is 0 Å². The molecule has 5 heteroatoms. The highest BCUT2D eigenvalue weighted by atomic mass is 15.1. The number of benzene rings is 8. The molecule has 3 aromatic heterocycles. The van der Waals surface area contributed by atoms with Crippen LogP contribution < -0.4 is 0 Å². The van der Waals surface area contributed by atoms with Crippen LogP contribution in [0.2, 0.25) is 0 Å². The van der Waals surface area contributed by atoms with Gasteiger partial charge in [-0.2, -0.15) is 0 Å². The molecule has 55 heavy (non-hydrogen) atoms. The number of nitrogens with zero attached hydrogens (tertiary/aromatic N) is 5. The van der Waals surface area contributed by atoms with E-state index in [1.807, 2.05) is 42.5 Å². The summed E-state index contributed by atoms with van der Waals surface area (Å²) in [6, 6.07) is 61.0. The third-order valence-electron chi connectivity index (χ3n) is 11.1. The molecule has 0 aliphatic heterocycles. The van der Waals surface area contributed by atoms with Gasteiger partial charge in [-0.25, -0.2) is 9.69 Å². The zero-order chi connectivity index (χ0) is 36.6. The van der Waals surface area contributed by atoms with Crippen molar-refractivity contribution in [3.8, 4) is 28.2 Å². The fourth-order valence-electron chi connectivity index (χ4n) is 8.85. The van der Waals surface area contributed by atoms with Gasteiger partial charge >= 0.3 is 0 Å². The van der Waals surface area contributed by atoms with Gasteiger partial charge < -0.3 is 13.7 Å². The summed E-state index contributed by atoms with van der Waals surface area (Å²) in [5, 5.41) is 6.84. The second-order valence-electron chi connectivity index (χ2n) is 13.9. The van der Waals surface area contributed by atoms with Gasteiger partial charge in [-0.05, 0) is 65.0 Å². The van der Waals surface area contributed by atoms with Gasteiger partial charge in [0.1, 0.15) is 0 Å². The second kappa shape index (κ2) is 11.8. The first-order valence-corrected chi connectivity index (χ1v) is 18.3. The summed E-state index contributed by atoms with van der Waals surface area (Å²) in [7, 11) is 0. The van der Waals surface area contributed by atoms with E-state index >= 15 is 0 Å². The van der Waals surface area contributed by atoms with Crippen molar-refractivity contribution in [1.82, 2.24) is 13.7 Å². The first-order chi connectivity index (χ1) is 27.2. The largest absolute Gasteiger partial charge is 0.318 e. The van der Waals surface area contributed by atoms with Gasteiger partial charge in [0.2, 0.25) is 5.69 Å². The van der Waals surface area contributed by atoms with Crippen molar-refractivity contribution in [3.05, 3.63) is 199 Å². The van der Waals surface area contributed by atoms with Crippen LogP contribution in [0.15, 0.2) is 176 Å². The Kier molecular flexibility index (Phi) is 6.61. The molecule has 254 valence electrons. The zero-order valence-electron chi connectivity index (χ0n) is 29.5. The number of hydrogen-bond donors (Lipinski definition) is 0. The molecular formula is C50H29N5. The number of fused-ring (bicyclic) bond motifs is 9. The minimum Gasteiger partial charge on any atom is -0.318 e. The van der Waals surface area contributed by atoms with Crippen molar-refractivity contribution in [2.24, 2.45) is 0 Å². The Hall–Kier alpha value is -7.86. The summed E-state index contributed by atoms with van der Waals surface area (Å²) in [5.41, 5.74) is 12.2. The lowest BCUT2D eigenvalue weighted by Crippen LogP contribution is -2.01. The Morgan fingerprint density at radius 2 is 0.800 bits per heavy atom. The summed E-state index contributed by atoms with van der Waals surface area (Å²) in [6.45, 7) is 16.6. The van der Waals surface area contributed by atoms with Gasteiger partial charge in [0.15, 0.2) is 5.69 Å². The van der Waals surface area contributed by atoms with Crippen molar-refractivity contribution < 1.29 is 0 Å². The Morgan fingerprint density at radius 3 is 1.44 bits per heavy atom. The molecule has 0 aliphatic rings. The van der Waals surface area contributed by atoms with Gasteiger partial charge in [0.05, 0.1) is 57.6 Å². The lowest BCUT2D eigenvalue weighted by molar-refractivity contribution is 1.13. The van der Waals surface area contributed by atoms with Crippen molar-refractivity contribution in [2.75, 3.05) is 0 Å². The van der Waals surface area contributed by atoms with E-state index in [2.05, 4.69) is 157 Å². The van der Waals surface area contributed by atoms with Crippen LogP contribution in [0.1, 0.15) is 0 Å². The first kappa shape index (κ1) is 30.7. The van der Waals surface area contributed by atoms with Crippen LogP contribution in [0.25, 0.3) is 103 Å². The molecule has 0 atom stereocenters. The third kappa shape index (κ3) is 4.33. The molecule has 0 bridgehead atoms. The summed E-state index contributed by atoms with van der Waals surface area (Å²) in [4.78, 5) is 8.13. The van der Waals surface area contributed by atoms with E-state index < -0.39 is 0 Å². The maximum Gasteiger partial charge on any atom is 0.211 e. The molecule has 3 heterocycles. The molecule has 0 unspecified atom stereocenters. The van der Waals surface area contributed by atoms with E-state index in [4.69, 9.17) is 13.1 Å². The smallest absolute Gasteiger partial charge is 0.211 e. The molecular weight excluding hydrogens is 671 g/mol. The van der Waals surface area contributed by atoms with Crippen molar-refractivity contribution in [3.63, 3.8) is 0 Å². The minimum absolute atomic E-state index is 0.552. The van der Waals surface area contributed by atoms with Crippen LogP contribution in [0, 0.1) is 13.1 Å². The van der Waals surface area contributed by atoms with Crippen LogP contribution in [-0.4, -0.2) is 13.7 Å². The Labute approximate surface area is 316 Å². The molecule has 0 spiro atoms. The SMILES string of the molecule is [C-]#[N+]c1cc(-n2c3ccccc3c3cccc(-n4c5ccccc5c5ccccc54)c32)ccc1-c1ccccc1-n1c2ccccc2c2cccc([N+]#[C-])c21. The monoisotopic (exact) mass is 699 g/mol. The molecule has 11 aromatic rings. The van der Waals surface area contributed by atoms with E-state index in [-0.39, 0.29) is 0 Å². The average molecular weight is 700 g/mol. The van der Waals surface area contributed by atoms with Crippen LogP contribution in [0.4, 0.5) is 11.4 Å². The van der Waals surface area contributed by atoms with E-state index in [0.29, 0.717) is 11.4 Å². The molecule has 8 aromatic carbocycles. The zero-order valence-corrected chi connectivity index (χ0v) is 29.5. The maximum absolute atomic E-state index is 8.55. The lowest BCUT2D eigenvalue weighted by atomic mass is 10.0. The predicted octanol–water partition coefficient (Wildman–Crippen LogP) is 13.7. The average Bonchev–Trinajstić information content (AvgIpc) is 3.89. The molecule has 0 saturated carbocycles. The van der Waals surface area contributed by atoms with Crippen LogP contribution in [-0.2, 0) is 0 Å². The van der Waals surface area contributed by atoms with Crippen LogP contribution >= 0.6 is 0 Å². The quantitative estimate of drug-likeness (QED) is 0.163. The minimum atomic E-state index is 0.552. The van der Waals surface area contributed by atoms with Crippen LogP contribution in [0.5, 0.6) is 0 Å². The summed E-state index contributed by atoms with van der Waals surface area (Å²) in [6.07, 6.45) is 0. The predicted molar refractivity (Wildman–Crippen MR) is 227 cm³/mol. The number of aromatic nitrogens is 3. The lowest BCUT2D eigenvalue weighted by Gasteiger charge is -2.18. The highest BCUT2D eigenvalue weighted by Gasteiger charge is 2.22. The number of hydrogen-bond acceptors (Lipinski definition) is 0. The molecule has 0 fully saturated rings. The third-order valence-corrected chi connectivity index (χ3v) is 11.1. The Balaban J connectivity index is 1.18. The van der Waals surface area contributed by atoms with E-state index in [1.165, 1.54) is 10.8 Å². The first-order valence-electron chi connectivity index (χ1n) is 18.3. The molecule has 0 amide bonds. The fraction of sp³-hybridized carbons (Fsp3) is 0. The van der Waals surface area contributed by atoms with Crippen molar-refractivity contribution >= 4 is 76.8 Å². The van der Waals surface area contributed by atoms with Gasteiger partial charge in [0, 0.05) is 32.6 Å². The number of rotatable bonds is 4. The van der Waals surface area contributed by atoms with Crippen LogP contribution in [0.3, 0.4) is 0 Å². The highest BCUT2D eigenvalue weighted by Crippen LogP contribution is 2.44. The fourth-order valence-corrected chi connectivity index (χ4v) is 8.85. The molecule has 5 nitrogen and oxygen atoms in total. The van der Waals surface area contributed by atoms with Gasteiger partial charge in [-0.15, -0.1) is 0 Å². The standard InChI is InChI=1S/C50H29N5/c1-51-41-22-13-20-39-37-18-7-12-27-47(37)55(49(39)41)46-26-11-3-15-34(46)33-30-29-32(31-42(33)52-2)53-43-23-8-6-19-38(43)40-21-14-28-48(50(40)53)54-44-24-9-4-16-35(44)36-17-5-10-25-45(36)54/h3-31H. The van der Waals surface area contributed by atoms with Crippen molar-refractivity contribution in [1.29, 1.82) is 0 Å². The summed E-state index contributed by atoms with van der Waals surface area (Å²) < 4.78 is 6.90. The van der Waals surface area contributed by atoms with Gasteiger partial charge in [-0.1, -0.05) is 127 Å². The van der Waals surface area contributed by atoms with E-state index in [9.17, 15) is 0 Å². The summed E-state index contributed by atoms with van der Waals surface area (Å²) in [5.74, 6) is 0. The Bertz CT molecular complexity index is 3420. The molecule has 0 saturated heterocycles. The Morgan fingerprint density at radius 1 is 0.327 bits per heavy atom.